The van der Waals surface area contributed by atoms with Crippen LogP contribution in [0.1, 0.15) is 19.4 Å². The maximum atomic E-state index is 13.8. The molecule has 3 nitrogen and oxygen atoms in total. The predicted octanol–water partition coefficient (Wildman–Crippen LogP) is 2.25. The lowest BCUT2D eigenvalue weighted by Crippen LogP contribution is -2.53. The number of benzene rings is 1. The Morgan fingerprint density at radius 2 is 2.16 bits per heavy atom. The summed E-state index contributed by atoms with van der Waals surface area (Å²) in [6.07, 6.45) is -2.94. The number of rotatable bonds is 2. The summed E-state index contributed by atoms with van der Waals surface area (Å²) in [6, 6.07) is 6.09. The first kappa shape index (κ1) is 13.9. The molecule has 0 bridgehead atoms. The molecule has 1 atom stereocenters. The maximum absolute atomic E-state index is 13.8. The van der Waals surface area contributed by atoms with Gasteiger partial charge in [-0.15, -0.1) is 0 Å². The van der Waals surface area contributed by atoms with Crippen molar-refractivity contribution in [1.82, 2.24) is 0 Å². The third kappa shape index (κ3) is 2.20. The predicted molar refractivity (Wildman–Crippen MR) is 64.6 cm³/mol. The van der Waals surface area contributed by atoms with Gasteiger partial charge in [-0.1, -0.05) is 6.07 Å². The molecule has 103 valence electrons. The van der Waals surface area contributed by atoms with Crippen LogP contribution >= 0.6 is 0 Å². The Hall–Kier alpha value is -1.56. The first-order chi connectivity index (χ1) is 8.79. The minimum absolute atomic E-state index is 0.0812. The summed E-state index contributed by atoms with van der Waals surface area (Å²) >= 11 is 0. The molecule has 0 aliphatic carbocycles. The Balaban J connectivity index is 2.59. The molecule has 19 heavy (non-hydrogen) atoms. The van der Waals surface area contributed by atoms with E-state index in [-0.39, 0.29) is 11.4 Å². The number of halogens is 3. The van der Waals surface area contributed by atoms with Crippen LogP contribution < -0.4 is 5.73 Å². The lowest BCUT2D eigenvalue weighted by atomic mass is 9.88. The highest BCUT2D eigenvalue weighted by Crippen LogP contribution is 2.39. The molecule has 0 spiro atoms. The van der Waals surface area contributed by atoms with E-state index in [0.29, 0.717) is 0 Å². The summed E-state index contributed by atoms with van der Waals surface area (Å²) < 4.78 is 46.0. The third-order valence-electron chi connectivity index (χ3n) is 3.23. The van der Waals surface area contributed by atoms with Crippen molar-refractivity contribution in [3.63, 3.8) is 0 Å². The molecular weight excluding hydrogens is 257 g/mol. The third-order valence-corrected chi connectivity index (χ3v) is 3.23. The Morgan fingerprint density at radius 3 is 2.68 bits per heavy atom. The van der Waals surface area contributed by atoms with Gasteiger partial charge in [0.1, 0.15) is 17.3 Å². The lowest BCUT2D eigenvalue weighted by molar-refractivity contribution is -0.0662. The first-order valence-corrected chi connectivity index (χ1v) is 5.73. The molecular formula is C13H14F3N2O. The average Bonchev–Trinajstić information content (AvgIpc) is 2.33. The van der Waals surface area contributed by atoms with Crippen molar-refractivity contribution >= 4 is 5.84 Å². The SMILES string of the molecule is CC1(C)OCC(c2c[c]ccc2F)(C(F)F)N=C1N. The summed E-state index contributed by atoms with van der Waals surface area (Å²) in [5.74, 6) is -0.860. The van der Waals surface area contributed by atoms with Crippen LogP contribution in [0.15, 0.2) is 23.2 Å². The molecule has 0 saturated heterocycles. The fraction of sp³-hybridized carbons (Fsp3) is 0.462. The second kappa shape index (κ2) is 4.52. The minimum Gasteiger partial charge on any atom is -0.385 e. The average molecular weight is 271 g/mol. The normalized spacial score (nSPS) is 26.3. The molecule has 2 rings (SSSR count). The number of nitrogens with zero attached hydrogens (tertiary/aromatic N) is 1. The van der Waals surface area contributed by atoms with Crippen LogP contribution in [0.5, 0.6) is 0 Å². The molecule has 1 aliphatic heterocycles. The molecule has 0 amide bonds. The minimum atomic E-state index is -2.94. The second-order valence-corrected chi connectivity index (χ2v) is 4.93. The highest BCUT2D eigenvalue weighted by atomic mass is 19.3. The van der Waals surface area contributed by atoms with Gasteiger partial charge in [-0.2, -0.15) is 0 Å². The molecule has 0 fully saturated rings. The van der Waals surface area contributed by atoms with Crippen LogP contribution in [-0.4, -0.2) is 24.5 Å². The van der Waals surface area contributed by atoms with Crippen LogP contribution in [-0.2, 0) is 10.3 Å². The monoisotopic (exact) mass is 271 g/mol. The molecule has 1 unspecified atom stereocenters. The van der Waals surface area contributed by atoms with E-state index in [9.17, 15) is 13.2 Å². The number of hydrogen-bond acceptors (Lipinski definition) is 3. The van der Waals surface area contributed by atoms with E-state index in [4.69, 9.17) is 10.5 Å². The molecule has 0 aromatic heterocycles. The smallest absolute Gasteiger partial charge is 0.269 e. The topological polar surface area (TPSA) is 47.6 Å². The summed E-state index contributed by atoms with van der Waals surface area (Å²) in [5, 5.41) is 0. The maximum Gasteiger partial charge on any atom is 0.269 e. The van der Waals surface area contributed by atoms with Gasteiger partial charge in [-0.05, 0) is 32.0 Å². The van der Waals surface area contributed by atoms with Crippen LogP contribution in [0.25, 0.3) is 0 Å². The second-order valence-electron chi connectivity index (χ2n) is 4.93. The van der Waals surface area contributed by atoms with E-state index in [0.717, 1.165) is 12.1 Å². The van der Waals surface area contributed by atoms with Gasteiger partial charge in [-0.3, -0.25) is 0 Å². The largest absolute Gasteiger partial charge is 0.385 e. The van der Waals surface area contributed by atoms with E-state index in [1.54, 1.807) is 13.8 Å². The lowest BCUT2D eigenvalue weighted by Gasteiger charge is -2.39. The first-order valence-electron chi connectivity index (χ1n) is 5.73. The van der Waals surface area contributed by atoms with E-state index in [1.807, 2.05) is 0 Å². The molecule has 0 saturated carbocycles. The van der Waals surface area contributed by atoms with Gasteiger partial charge in [0.2, 0.25) is 0 Å². The van der Waals surface area contributed by atoms with Gasteiger partial charge in [0, 0.05) is 5.56 Å². The molecule has 1 radical (unpaired) electrons. The van der Waals surface area contributed by atoms with Crippen molar-refractivity contribution in [2.24, 2.45) is 10.7 Å². The number of hydrogen-bond donors (Lipinski definition) is 1. The van der Waals surface area contributed by atoms with E-state index in [1.165, 1.54) is 6.07 Å². The highest BCUT2D eigenvalue weighted by molar-refractivity contribution is 5.89. The van der Waals surface area contributed by atoms with Crippen molar-refractivity contribution in [3.05, 3.63) is 35.6 Å². The van der Waals surface area contributed by atoms with Crippen LogP contribution in [0, 0.1) is 11.9 Å². The fourth-order valence-corrected chi connectivity index (χ4v) is 1.86. The van der Waals surface area contributed by atoms with Crippen molar-refractivity contribution in [2.45, 2.75) is 31.4 Å². The van der Waals surface area contributed by atoms with Gasteiger partial charge in [-0.25, -0.2) is 18.2 Å². The zero-order valence-corrected chi connectivity index (χ0v) is 10.6. The van der Waals surface area contributed by atoms with Gasteiger partial charge in [0.15, 0.2) is 5.54 Å². The van der Waals surface area contributed by atoms with E-state index in [2.05, 4.69) is 11.1 Å². The summed E-state index contributed by atoms with van der Waals surface area (Å²) in [4.78, 5) is 3.86. The van der Waals surface area contributed by atoms with E-state index >= 15 is 0 Å². The number of ether oxygens (including phenoxy) is 1. The van der Waals surface area contributed by atoms with Crippen molar-refractivity contribution in [3.8, 4) is 0 Å². The van der Waals surface area contributed by atoms with Crippen LogP contribution in [0.2, 0.25) is 0 Å². The Morgan fingerprint density at radius 1 is 1.47 bits per heavy atom. The molecule has 1 aromatic carbocycles. The zero-order chi connectivity index (χ0) is 14.3. The number of amidine groups is 1. The summed E-state index contributed by atoms with van der Waals surface area (Å²) in [7, 11) is 0. The molecule has 1 aromatic rings. The summed E-state index contributed by atoms with van der Waals surface area (Å²) in [6.45, 7) is 2.80. The van der Waals surface area contributed by atoms with Gasteiger partial charge >= 0.3 is 0 Å². The van der Waals surface area contributed by atoms with Gasteiger partial charge in [0.25, 0.3) is 6.43 Å². The Kier molecular flexibility index (Phi) is 3.30. The molecule has 6 heteroatoms. The molecule has 1 heterocycles. The van der Waals surface area contributed by atoms with Crippen LogP contribution in [0.4, 0.5) is 13.2 Å². The van der Waals surface area contributed by atoms with Gasteiger partial charge in [0.05, 0.1) is 6.61 Å². The van der Waals surface area contributed by atoms with Crippen molar-refractivity contribution in [2.75, 3.05) is 6.61 Å². The van der Waals surface area contributed by atoms with Gasteiger partial charge < -0.3 is 10.5 Å². The van der Waals surface area contributed by atoms with Crippen LogP contribution in [0.3, 0.4) is 0 Å². The van der Waals surface area contributed by atoms with Crippen molar-refractivity contribution < 1.29 is 17.9 Å². The Labute approximate surface area is 109 Å². The molecule has 2 N–H and O–H groups in total. The van der Waals surface area contributed by atoms with E-state index < -0.39 is 30.0 Å². The zero-order valence-electron chi connectivity index (χ0n) is 10.6. The summed E-state index contributed by atoms with van der Waals surface area (Å²) in [5.41, 5.74) is 2.36. The number of alkyl halides is 2. The standard InChI is InChI=1S/C13H14F3N2O/c1-12(2)11(17)18-13(7-19-12,10(15)16)8-5-3-4-6-9(8)14/h4-6,10H,7H2,1-2H3,(H2,17,18). The highest BCUT2D eigenvalue weighted by Gasteiger charge is 2.49. The Bertz CT molecular complexity index is 516. The number of nitrogens with two attached hydrogens (primary N) is 1. The number of aliphatic imine (C=N–C) groups is 1. The van der Waals surface area contributed by atoms with Crippen molar-refractivity contribution in [1.29, 1.82) is 0 Å². The quantitative estimate of drug-likeness (QED) is 0.896. The fourth-order valence-electron chi connectivity index (χ4n) is 1.86. The molecule has 1 aliphatic rings.